The van der Waals surface area contributed by atoms with Crippen molar-refractivity contribution in [2.75, 3.05) is 13.2 Å². The predicted molar refractivity (Wildman–Crippen MR) is 353 cm³/mol. The number of unbranched alkanes of at least 4 members (excludes halogenated alkanes) is 36. The molecule has 6 nitrogen and oxygen atoms in total. The van der Waals surface area contributed by atoms with E-state index in [-0.39, 0.29) is 31.1 Å². The monoisotopic (exact) mass is 1130 g/mol. The Morgan fingerprint density at radius 2 is 0.481 bits per heavy atom. The molecule has 0 fully saturated rings. The van der Waals surface area contributed by atoms with E-state index in [9.17, 15) is 14.4 Å². The molecule has 0 aliphatic rings. The zero-order valence-corrected chi connectivity index (χ0v) is 53.5. The largest absolute Gasteiger partial charge is 0.462 e. The van der Waals surface area contributed by atoms with E-state index in [0.717, 1.165) is 103 Å². The summed E-state index contributed by atoms with van der Waals surface area (Å²) >= 11 is 0. The molecule has 6 heteroatoms. The Hall–Kier alpha value is -3.67. The number of carbonyl (C=O) groups excluding carboxylic acids is 3. The number of allylic oxidation sites excluding steroid dienone is 16. The molecule has 0 heterocycles. The van der Waals surface area contributed by atoms with Crippen LogP contribution in [0.3, 0.4) is 0 Å². The molecule has 0 radical (unpaired) electrons. The van der Waals surface area contributed by atoms with Crippen LogP contribution in [0.15, 0.2) is 97.2 Å². The van der Waals surface area contributed by atoms with Gasteiger partial charge in [-0.05, 0) is 122 Å². The van der Waals surface area contributed by atoms with E-state index in [1.165, 1.54) is 199 Å². The summed E-state index contributed by atoms with van der Waals surface area (Å²) in [6.45, 7) is 6.54. The average Bonchev–Trinajstić information content (AvgIpc) is 3.47. The second-order valence-corrected chi connectivity index (χ2v) is 23.1. The molecule has 0 aliphatic heterocycles. The van der Waals surface area contributed by atoms with Gasteiger partial charge in [0.05, 0.1) is 0 Å². The molecule has 0 aromatic rings. The lowest BCUT2D eigenvalue weighted by Gasteiger charge is -2.18. The summed E-state index contributed by atoms with van der Waals surface area (Å²) in [5.74, 6) is -0.885. The van der Waals surface area contributed by atoms with Gasteiger partial charge < -0.3 is 14.2 Å². The Morgan fingerprint density at radius 1 is 0.259 bits per heavy atom. The minimum atomic E-state index is -0.788. The first-order valence-electron chi connectivity index (χ1n) is 34.7. The van der Waals surface area contributed by atoms with Crippen molar-refractivity contribution in [1.29, 1.82) is 0 Å². The zero-order chi connectivity index (χ0) is 58.5. The van der Waals surface area contributed by atoms with Gasteiger partial charge in [0.2, 0.25) is 0 Å². The topological polar surface area (TPSA) is 78.9 Å². The summed E-state index contributed by atoms with van der Waals surface area (Å²) in [5, 5.41) is 0. The molecule has 1 atom stereocenters. The average molecular weight is 1130 g/mol. The van der Waals surface area contributed by atoms with Crippen LogP contribution in [-0.4, -0.2) is 37.2 Å². The van der Waals surface area contributed by atoms with Crippen LogP contribution in [0.2, 0.25) is 0 Å². The number of esters is 3. The molecule has 0 N–H and O–H groups in total. The van der Waals surface area contributed by atoms with E-state index < -0.39 is 6.10 Å². The lowest BCUT2D eigenvalue weighted by atomic mass is 10.0. The second-order valence-electron chi connectivity index (χ2n) is 23.1. The van der Waals surface area contributed by atoms with Gasteiger partial charge in [-0.3, -0.25) is 14.4 Å². The minimum absolute atomic E-state index is 0.0826. The standard InChI is InChI=1S/C75H130O6/c1-4-7-10-13-16-19-22-25-28-30-32-34-36-37-39-40-42-44-47-50-53-56-59-62-65-68-74(77)80-71-72(70-79-73(76)67-64-61-58-55-52-49-46-27-24-21-18-15-12-9-6-3)81-75(78)69-66-63-60-57-54-51-48-45-43-41-38-35-33-31-29-26-23-20-17-14-11-8-5-2/h8,11,17,20,22,25-27,29-30,32-33,35-37,46,72H,4-7,9-10,12-16,18-19,21,23-24,28,31,34,38-45,47-71H2,1-3H3/b11-8-,20-17-,25-22-,29-26-,32-30-,35-33-,37-36-,46-27-. The highest BCUT2D eigenvalue weighted by Gasteiger charge is 2.19. The van der Waals surface area contributed by atoms with Crippen molar-refractivity contribution in [2.45, 2.75) is 348 Å². The van der Waals surface area contributed by atoms with Gasteiger partial charge in [0.25, 0.3) is 0 Å². The van der Waals surface area contributed by atoms with Crippen LogP contribution in [0.25, 0.3) is 0 Å². The van der Waals surface area contributed by atoms with Gasteiger partial charge in [-0.2, -0.15) is 0 Å². The fourth-order valence-corrected chi connectivity index (χ4v) is 9.85. The van der Waals surface area contributed by atoms with Crippen molar-refractivity contribution in [2.24, 2.45) is 0 Å². The molecular weight excluding hydrogens is 997 g/mol. The van der Waals surface area contributed by atoms with Crippen LogP contribution in [0, 0.1) is 0 Å². The van der Waals surface area contributed by atoms with Crippen LogP contribution in [0.4, 0.5) is 0 Å². The summed E-state index contributed by atoms with van der Waals surface area (Å²) in [7, 11) is 0. The molecule has 0 bridgehead atoms. The minimum Gasteiger partial charge on any atom is -0.462 e. The lowest BCUT2D eigenvalue weighted by Crippen LogP contribution is -2.30. The van der Waals surface area contributed by atoms with Gasteiger partial charge in [0.1, 0.15) is 13.2 Å². The molecule has 0 amide bonds. The predicted octanol–water partition coefficient (Wildman–Crippen LogP) is 24.0. The van der Waals surface area contributed by atoms with Gasteiger partial charge >= 0.3 is 17.9 Å². The number of rotatable bonds is 63. The summed E-state index contributed by atoms with van der Waals surface area (Å²) in [6, 6.07) is 0. The molecule has 0 aromatic carbocycles. The third-order valence-electron chi connectivity index (χ3n) is 15.0. The van der Waals surface area contributed by atoms with Crippen LogP contribution in [0.5, 0.6) is 0 Å². The number of carbonyl (C=O) groups is 3. The van der Waals surface area contributed by atoms with Gasteiger partial charge in [0, 0.05) is 19.3 Å². The van der Waals surface area contributed by atoms with Crippen LogP contribution >= 0.6 is 0 Å². The highest BCUT2D eigenvalue weighted by Crippen LogP contribution is 2.17. The molecular formula is C75H130O6. The van der Waals surface area contributed by atoms with E-state index >= 15 is 0 Å². The summed E-state index contributed by atoms with van der Waals surface area (Å²) < 4.78 is 17.0. The van der Waals surface area contributed by atoms with Crippen molar-refractivity contribution in [3.8, 4) is 0 Å². The van der Waals surface area contributed by atoms with Crippen molar-refractivity contribution in [1.82, 2.24) is 0 Å². The van der Waals surface area contributed by atoms with Gasteiger partial charge in [0.15, 0.2) is 6.10 Å². The van der Waals surface area contributed by atoms with Crippen LogP contribution in [-0.2, 0) is 28.6 Å². The maximum atomic E-state index is 13.0. The molecule has 0 rings (SSSR count). The van der Waals surface area contributed by atoms with Gasteiger partial charge in [-0.25, -0.2) is 0 Å². The molecule has 0 saturated heterocycles. The van der Waals surface area contributed by atoms with Crippen molar-refractivity contribution in [3.05, 3.63) is 97.2 Å². The van der Waals surface area contributed by atoms with E-state index in [0.29, 0.717) is 19.3 Å². The molecule has 81 heavy (non-hydrogen) atoms. The number of hydrogen-bond donors (Lipinski definition) is 0. The fraction of sp³-hybridized carbons (Fsp3) is 0.747. The normalized spacial score (nSPS) is 12.7. The van der Waals surface area contributed by atoms with E-state index in [1.807, 2.05) is 0 Å². The quantitative estimate of drug-likeness (QED) is 0.0261. The Morgan fingerprint density at radius 3 is 0.765 bits per heavy atom. The van der Waals surface area contributed by atoms with Crippen molar-refractivity contribution < 1.29 is 28.6 Å². The molecule has 0 saturated carbocycles. The summed E-state index contributed by atoms with van der Waals surface area (Å²) in [6.07, 6.45) is 92.8. The van der Waals surface area contributed by atoms with E-state index in [1.54, 1.807) is 0 Å². The molecule has 0 aromatic heterocycles. The zero-order valence-electron chi connectivity index (χ0n) is 53.5. The molecule has 1 unspecified atom stereocenters. The summed E-state index contributed by atoms with van der Waals surface area (Å²) in [5.41, 5.74) is 0. The second kappa shape index (κ2) is 68.8. The van der Waals surface area contributed by atoms with Crippen LogP contribution < -0.4 is 0 Å². The Balaban J connectivity index is 4.35. The van der Waals surface area contributed by atoms with Crippen LogP contribution in [0.1, 0.15) is 342 Å². The SMILES string of the molecule is CC/C=C\C/C=C\C/C=C\C/C=C\CCCCCCCCCCCCC(=O)OC(COC(=O)CCCCCCC/C=C\CCCCCCCC)COC(=O)CCCCCCCCCCCC/C=C\C/C=C\C/C=C\CCCCCCC. The summed E-state index contributed by atoms with van der Waals surface area (Å²) in [4.78, 5) is 38.5. The molecule has 0 spiro atoms. The van der Waals surface area contributed by atoms with Crippen molar-refractivity contribution in [3.63, 3.8) is 0 Å². The van der Waals surface area contributed by atoms with E-state index in [4.69, 9.17) is 14.2 Å². The Labute approximate surface area is 502 Å². The number of ether oxygens (including phenoxy) is 3. The first kappa shape index (κ1) is 77.3. The third-order valence-corrected chi connectivity index (χ3v) is 15.0. The van der Waals surface area contributed by atoms with E-state index in [2.05, 4.69) is 118 Å². The maximum Gasteiger partial charge on any atom is 0.306 e. The van der Waals surface area contributed by atoms with Crippen molar-refractivity contribution >= 4 is 17.9 Å². The fourth-order valence-electron chi connectivity index (χ4n) is 9.85. The third kappa shape index (κ3) is 67.0. The smallest absolute Gasteiger partial charge is 0.306 e. The highest BCUT2D eigenvalue weighted by molar-refractivity contribution is 5.71. The van der Waals surface area contributed by atoms with Gasteiger partial charge in [-0.1, -0.05) is 298 Å². The lowest BCUT2D eigenvalue weighted by molar-refractivity contribution is -0.167. The maximum absolute atomic E-state index is 13.0. The Bertz CT molecular complexity index is 1580. The Kier molecular flexibility index (Phi) is 65.7. The molecule has 0 aliphatic carbocycles. The highest BCUT2D eigenvalue weighted by atomic mass is 16.6. The number of hydrogen-bond acceptors (Lipinski definition) is 6. The first-order valence-corrected chi connectivity index (χ1v) is 34.7. The first-order chi connectivity index (χ1) is 40.0. The molecule has 466 valence electrons. The van der Waals surface area contributed by atoms with Gasteiger partial charge in [-0.15, -0.1) is 0 Å².